The molecule has 1 heterocycles. The first-order chi connectivity index (χ1) is 17.3. The van der Waals surface area contributed by atoms with Gasteiger partial charge in [-0.3, -0.25) is 10.1 Å². The van der Waals surface area contributed by atoms with Gasteiger partial charge < -0.3 is 15.9 Å². The van der Waals surface area contributed by atoms with Crippen LogP contribution in [-0.2, 0) is 0 Å². The molecule has 3 unspecified atom stereocenters. The third kappa shape index (κ3) is 17.7. The summed E-state index contributed by atoms with van der Waals surface area (Å²) in [7, 11) is 2.96. The summed E-state index contributed by atoms with van der Waals surface area (Å²) >= 11 is 3.80. The molecule has 3 N–H and O–H groups in total. The van der Waals surface area contributed by atoms with E-state index in [1.165, 1.54) is 40.7 Å². The maximum atomic E-state index is 11.0. The molecule has 1 saturated heterocycles. The average Bonchev–Trinajstić information content (AvgIpc) is 3.22. The van der Waals surface area contributed by atoms with E-state index in [2.05, 4.69) is 26.7 Å². The van der Waals surface area contributed by atoms with E-state index < -0.39 is 16.6 Å². The summed E-state index contributed by atoms with van der Waals surface area (Å²) in [4.78, 5) is 23.2. The van der Waals surface area contributed by atoms with E-state index in [0.717, 1.165) is 36.6 Å². The van der Waals surface area contributed by atoms with Crippen molar-refractivity contribution in [1.29, 1.82) is 10.8 Å². The van der Waals surface area contributed by atoms with E-state index in [4.69, 9.17) is 15.9 Å². The number of nitrogens with one attached hydrogen (secondary N) is 2. The Labute approximate surface area is 238 Å². The number of rotatable bonds is 12. The van der Waals surface area contributed by atoms with Gasteiger partial charge in [0.05, 0.1) is 4.92 Å². The van der Waals surface area contributed by atoms with Gasteiger partial charge in [-0.25, -0.2) is 4.79 Å². The number of carboxylic acids is 1. The van der Waals surface area contributed by atoms with Crippen molar-refractivity contribution in [3.63, 3.8) is 0 Å². The van der Waals surface area contributed by atoms with E-state index in [1.54, 1.807) is 23.8 Å². The second-order valence-electron chi connectivity index (χ2n) is 8.92. The Morgan fingerprint density at radius 2 is 1.78 bits per heavy atom. The second-order valence-corrected chi connectivity index (χ2v) is 14.5. The highest BCUT2D eigenvalue weighted by Gasteiger charge is 2.20. The van der Waals surface area contributed by atoms with Gasteiger partial charge in [-0.15, -0.1) is 11.8 Å². The van der Waals surface area contributed by atoms with Gasteiger partial charge in [0.25, 0.3) is 5.69 Å². The summed E-state index contributed by atoms with van der Waals surface area (Å²) in [5, 5.41) is 36.2. The Morgan fingerprint density at radius 3 is 2.16 bits per heavy atom. The number of thioether (sulfide) groups is 2. The molecule has 7 nitrogen and oxygen atoms in total. The van der Waals surface area contributed by atoms with Crippen LogP contribution in [0.4, 0.5) is 5.69 Å². The lowest BCUT2D eigenvalue weighted by atomic mass is 10.2. The fourth-order valence-electron chi connectivity index (χ4n) is 2.81. The number of nitrogens with zero attached hydrogens (tertiary/aromatic N) is 1. The number of carbonyl (C=O) groups is 1. The average molecular weight is 588 g/mol. The molecule has 0 aromatic heterocycles. The van der Waals surface area contributed by atoms with Crippen molar-refractivity contribution in [2.75, 3.05) is 6.26 Å². The minimum Gasteiger partial charge on any atom is -0.477 e. The summed E-state index contributed by atoms with van der Waals surface area (Å²) in [6, 6.07) is 4.10. The third-order valence-corrected chi connectivity index (χ3v) is 10.3. The van der Waals surface area contributed by atoms with Crippen molar-refractivity contribution in [3.8, 4) is 0 Å². The predicted octanol–water partition coefficient (Wildman–Crippen LogP) is 9.22. The molecule has 3 atom stereocenters. The van der Waals surface area contributed by atoms with Gasteiger partial charge >= 0.3 is 5.97 Å². The topological polar surface area (TPSA) is 128 Å². The van der Waals surface area contributed by atoms with E-state index in [9.17, 15) is 14.9 Å². The van der Waals surface area contributed by atoms with Crippen molar-refractivity contribution < 1.29 is 14.8 Å². The van der Waals surface area contributed by atoms with Gasteiger partial charge in [0.15, 0.2) is 0 Å². The minimum absolute atomic E-state index is 0.298. The van der Waals surface area contributed by atoms with Crippen LogP contribution in [0.25, 0.3) is 0 Å². The standard InChI is InChI=1S/C13H16N2O4S2.C7H15NS.C6H10S/c1-8(14)3-4-9(2)20-21-10-5-6-12(15(18)19)11(7-10)13(16)17;1-6(8)4-5-7(2)9-3;1-5-3-4-6(2)7-5/h5-7,9,14H,3-4H2,1-2H3,(H,16,17);7-8H,4-5H2,1-3H3;6H,1,3-4H2,2H3. The van der Waals surface area contributed by atoms with Crippen molar-refractivity contribution >= 4 is 68.2 Å². The van der Waals surface area contributed by atoms with Gasteiger partial charge in [-0.2, -0.15) is 11.8 Å². The molecule has 0 saturated carbocycles. The Kier molecular flexibility index (Phi) is 18.9. The smallest absolute Gasteiger partial charge is 0.342 e. The summed E-state index contributed by atoms with van der Waals surface area (Å²) in [5.41, 5.74) is 0.741. The number of hydrogen-bond acceptors (Lipinski definition) is 9. The Balaban J connectivity index is 0.000000659. The van der Waals surface area contributed by atoms with Gasteiger partial charge in [0.2, 0.25) is 0 Å². The molecule has 0 radical (unpaired) electrons. The molecular weight excluding hydrogens is 547 g/mol. The number of hydrogen-bond donors (Lipinski definition) is 3. The number of aromatic carboxylic acids is 1. The molecule has 0 aliphatic carbocycles. The first kappa shape index (κ1) is 35.6. The third-order valence-electron chi connectivity index (χ3n) is 5.16. The van der Waals surface area contributed by atoms with Crippen LogP contribution in [0.15, 0.2) is 34.6 Å². The quantitative estimate of drug-likeness (QED) is 0.0955. The first-order valence-electron chi connectivity index (χ1n) is 12.1. The van der Waals surface area contributed by atoms with Crippen LogP contribution in [0.1, 0.15) is 83.5 Å². The summed E-state index contributed by atoms with van der Waals surface area (Å²) in [5.74, 6) is -1.30. The Hall–Kier alpha value is -1.43. The molecule has 1 aromatic carbocycles. The largest absolute Gasteiger partial charge is 0.477 e. The Bertz CT molecular complexity index is 927. The SMILES string of the molecule is C=C1CCC(C)S1.CC(=N)CCC(C)SSc1ccc([N+](=O)[O-])c(C(=O)O)c1.CSC(C)CCC(C)=N. The second kappa shape index (κ2) is 19.6. The highest BCUT2D eigenvalue weighted by atomic mass is 33.1. The fourth-order valence-corrected chi connectivity index (χ4v) is 6.41. The molecule has 0 amide bonds. The summed E-state index contributed by atoms with van der Waals surface area (Å²) in [6.45, 7) is 14.0. The molecule has 37 heavy (non-hydrogen) atoms. The zero-order chi connectivity index (χ0) is 28.5. The lowest BCUT2D eigenvalue weighted by Crippen LogP contribution is -2.02. The van der Waals surface area contributed by atoms with Crippen LogP contribution in [0.3, 0.4) is 0 Å². The monoisotopic (exact) mass is 587 g/mol. The normalized spacial score (nSPS) is 15.9. The fraction of sp³-hybridized carbons (Fsp3) is 0.577. The molecule has 1 aliphatic rings. The number of allylic oxidation sites excluding steroid dienone is 1. The van der Waals surface area contributed by atoms with Crippen LogP contribution in [0.5, 0.6) is 0 Å². The summed E-state index contributed by atoms with van der Waals surface area (Å²) in [6.07, 6.45) is 8.40. The first-order valence-corrected chi connectivity index (χ1v) is 16.4. The van der Waals surface area contributed by atoms with Crippen molar-refractivity contribution in [2.45, 2.75) is 93.8 Å². The van der Waals surface area contributed by atoms with E-state index >= 15 is 0 Å². The lowest BCUT2D eigenvalue weighted by Gasteiger charge is -2.10. The Morgan fingerprint density at radius 1 is 1.22 bits per heavy atom. The minimum atomic E-state index is -1.30. The molecule has 1 aromatic rings. The number of nitro benzene ring substituents is 1. The van der Waals surface area contributed by atoms with Gasteiger partial charge in [0.1, 0.15) is 5.56 Å². The molecule has 0 spiro atoms. The maximum Gasteiger partial charge on any atom is 0.342 e. The molecule has 11 heteroatoms. The van der Waals surface area contributed by atoms with Gasteiger partial charge in [-0.1, -0.05) is 48.9 Å². The van der Waals surface area contributed by atoms with Crippen LogP contribution in [0, 0.1) is 20.9 Å². The van der Waals surface area contributed by atoms with Crippen molar-refractivity contribution in [1.82, 2.24) is 0 Å². The molecule has 1 aliphatic heterocycles. The zero-order valence-electron chi connectivity index (χ0n) is 22.7. The highest BCUT2D eigenvalue weighted by molar-refractivity contribution is 8.76. The maximum absolute atomic E-state index is 11.0. The van der Waals surface area contributed by atoms with E-state index in [1.807, 2.05) is 37.4 Å². The van der Waals surface area contributed by atoms with Crippen LogP contribution in [0.2, 0.25) is 0 Å². The number of nitro groups is 1. The summed E-state index contributed by atoms with van der Waals surface area (Å²) < 4.78 is 0. The van der Waals surface area contributed by atoms with E-state index in [-0.39, 0.29) is 5.56 Å². The van der Waals surface area contributed by atoms with Crippen LogP contribution < -0.4 is 0 Å². The van der Waals surface area contributed by atoms with Crippen molar-refractivity contribution in [3.05, 3.63) is 45.4 Å². The highest BCUT2D eigenvalue weighted by Crippen LogP contribution is 2.38. The zero-order valence-corrected chi connectivity index (χ0v) is 25.9. The van der Waals surface area contributed by atoms with Crippen molar-refractivity contribution in [2.24, 2.45) is 0 Å². The predicted molar refractivity (Wildman–Crippen MR) is 167 cm³/mol. The molecule has 1 fully saturated rings. The molecule has 2 rings (SSSR count). The van der Waals surface area contributed by atoms with Crippen LogP contribution in [-0.4, -0.2) is 49.4 Å². The molecular formula is C26H41N3O4S4. The van der Waals surface area contributed by atoms with Crippen LogP contribution >= 0.6 is 45.1 Å². The molecule has 0 bridgehead atoms. The number of benzene rings is 1. The van der Waals surface area contributed by atoms with E-state index in [0.29, 0.717) is 21.1 Å². The number of carboxylic acid groups (broad SMARTS) is 1. The molecule has 208 valence electrons. The van der Waals surface area contributed by atoms with Gasteiger partial charge in [0, 0.05) is 38.1 Å². The van der Waals surface area contributed by atoms with Gasteiger partial charge in [-0.05, 0) is 75.7 Å². The lowest BCUT2D eigenvalue weighted by molar-refractivity contribution is -0.385.